The fourth-order valence-electron chi connectivity index (χ4n) is 1.75. The maximum Gasteiger partial charge on any atom is 0.408 e. The van der Waals surface area contributed by atoms with Gasteiger partial charge in [0.05, 0.1) is 12.1 Å². The topological polar surface area (TPSA) is 84.9 Å². The molecule has 0 aromatic heterocycles. The van der Waals surface area contributed by atoms with Crippen LogP contribution < -0.4 is 10.1 Å². The number of methoxy groups -OCH3 is 1. The number of rotatable bonds is 5. The molecule has 0 saturated heterocycles. The molecule has 1 amide bonds. The summed E-state index contributed by atoms with van der Waals surface area (Å²) in [6, 6.07) is 0.970. The summed E-state index contributed by atoms with van der Waals surface area (Å²) in [5.74, 6) is -1.79. The van der Waals surface area contributed by atoms with Gasteiger partial charge in [-0.25, -0.2) is 14.0 Å². The number of carbonyl (C=O) groups excluding carboxylic acids is 1. The van der Waals surface area contributed by atoms with Crippen molar-refractivity contribution in [1.29, 1.82) is 0 Å². The molecule has 0 aliphatic rings. The minimum atomic E-state index is -1.36. The Morgan fingerprint density at radius 3 is 2.48 bits per heavy atom. The molecule has 1 aromatic carbocycles. The average Bonchev–Trinajstić information content (AvgIpc) is 2.38. The molecule has 128 valence electrons. The molecular formula is C15H19ClFNO5. The van der Waals surface area contributed by atoms with E-state index in [9.17, 15) is 19.1 Å². The van der Waals surface area contributed by atoms with Crippen LogP contribution in [-0.2, 0) is 16.0 Å². The fraction of sp³-hybridized carbons (Fsp3) is 0.467. The zero-order valence-electron chi connectivity index (χ0n) is 13.3. The Labute approximate surface area is 138 Å². The molecule has 0 aliphatic heterocycles. The Kier molecular flexibility index (Phi) is 6.20. The molecule has 1 atom stereocenters. The van der Waals surface area contributed by atoms with E-state index in [1.54, 1.807) is 20.8 Å². The molecule has 1 rings (SSSR count). The van der Waals surface area contributed by atoms with Crippen molar-refractivity contribution in [3.05, 3.63) is 28.5 Å². The second-order valence-corrected chi connectivity index (χ2v) is 6.23. The Morgan fingerprint density at radius 1 is 1.39 bits per heavy atom. The lowest BCUT2D eigenvalue weighted by Crippen LogP contribution is -2.44. The van der Waals surface area contributed by atoms with E-state index in [4.69, 9.17) is 21.1 Å². The predicted molar refractivity (Wildman–Crippen MR) is 82.5 cm³/mol. The zero-order valence-corrected chi connectivity index (χ0v) is 14.0. The molecule has 0 fully saturated rings. The molecule has 0 aliphatic carbocycles. The lowest BCUT2D eigenvalue weighted by atomic mass is 10.0. The maximum absolute atomic E-state index is 13.9. The second kappa shape index (κ2) is 7.50. The van der Waals surface area contributed by atoms with Crippen LogP contribution in [0.3, 0.4) is 0 Å². The molecule has 1 unspecified atom stereocenters. The zero-order chi connectivity index (χ0) is 17.8. The van der Waals surface area contributed by atoms with Crippen molar-refractivity contribution in [2.24, 2.45) is 0 Å². The number of hydrogen-bond acceptors (Lipinski definition) is 4. The molecule has 0 heterocycles. The van der Waals surface area contributed by atoms with Gasteiger partial charge in [0.2, 0.25) is 0 Å². The largest absolute Gasteiger partial charge is 0.495 e. The van der Waals surface area contributed by atoms with E-state index in [0.29, 0.717) is 0 Å². The fourth-order valence-corrected chi connectivity index (χ4v) is 1.98. The Morgan fingerprint density at radius 2 is 2.00 bits per heavy atom. The van der Waals surface area contributed by atoms with Crippen molar-refractivity contribution >= 4 is 23.7 Å². The van der Waals surface area contributed by atoms with Crippen LogP contribution in [0.25, 0.3) is 0 Å². The van der Waals surface area contributed by atoms with Gasteiger partial charge >= 0.3 is 12.1 Å². The van der Waals surface area contributed by atoms with Crippen molar-refractivity contribution in [1.82, 2.24) is 5.32 Å². The molecule has 8 heteroatoms. The first-order chi connectivity index (χ1) is 10.5. The van der Waals surface area contributed by atoms with Gasteiger partial charge in [0.25, 0.3) is 0 Å². The molecule has 0 spiro atoms. The summed E-state index contributed by atoms with van der Waals surface area (Å²) in [7, 11) is 1.36. The standard InChI is InChI=1S/C15H19ClFNO5/c1-15(2,3)23-14(21)18-11(13(19)20)5-8-6-12(22-4)9(16)7-10(8)17/h6-7,11H,5H2,1-4H3,(H,18,21)(H,19,20). The van der Waals surface area contributed by atoms with E-state index in [-0.39, 0.29) is 22.8 Å². The van der Waals surface area contributed by atoms with Crippen molar-refractivity contribution in [3.63, 3.8) is 0 Å². The van der Waals surface area contributed by atoms with E-state index in [1.807, 2.05) is 0 Å². The van der Waals surface area contributed by atoms with E-state index in [0.717, 1.165) is 6.07 Å². The quantitative estimate of drug-likeness (QED) is 0.855. The minimum absolute atomic E-state index is 0.0507. The number of nitrogens with one attached hydrogen (secondary N) is 1. The lowest BCUT2D eigenvalue weighted by molar-refractivity contribution is -0.139. The van der Waals surface area contributed by atoms with Gasteiger partial charge in [-0.1, -0.05) is 11.6 Å². The van der Waals surface area contributed by atoms with Crippen LogP contribution in [-0.4, -0.2) is 35.9 Å². The van der Waals surface area contributed by atoms with Crippen molar-refractivity contribution in [2.45, 2.75) is 38.8 Å². The molecular weight excluding hydrogens is 329 g/mol. The van der Waals surface area contributed by atoms with Gasteiger partial charge in [-0.3, -0.25) is 0 Å². The van der Waals surface area contributed by atoms with Crippen LogP contribution in [0.2, 0.25) is 5.02 Å². The third kappa shape index (κ3) is 5.94. The summed E-state index contributed by atoms with van der Waals surface area (Å²) < 4.78 is 23.9. The number of carbonyl (C=O) groups is 2. The van der Waals surface area contributed by atoms with E-state index >= 15 is 0 Å². The molecule has 0 radical (unpaired) electrons. The van der Waals surface area contributed by atoms with Crippen molar-refractivity contribution in [2.75, 3.05) is 7.11 Å². The number of carboxylic acids is 1. The predicted octanol–water partition coefficient (Wildman–Crippen LogP) is 3.01. The molecule has 0 saturated carbocycles. The first-order valence-electron chi connectivity index (χ1n) is 6.77. The number of carboxylic acid groups (broad SMARTS) is 1. The van der Waals surface area contributed by atoms with Crippen LogP contribution in [0.15, 0.2) is 12.1 Å². The highest BCUT2D eigenvalue weighted by Crippen LogP contribution is 2.28. The molecule has 6 nitrogen and oxygen atoms in total. The Balaban J connectivity index is 2.93. The van der Waals surface area contributed by atoms with Gasteiger partial charge in [0.15, 0.2) is 0 Å². The summed E-state index contributed by atoms with van der Waals surface area (Å²) in [5.41, 5.74) is -0.725. The minimum Gasteiger partial charge on any atom is -0.495 e. The number of alkyl carbamates (subject to hydrolysis) is 1. The summed E-state index contributed by atoms with van der Waals surface area (Å²) in [5, 5.41) is 11.5. The van der Waals surface area contributed by atoms with Gasteiger partial charge in [0, 0.05) is 6.42 Å². The second-order valence-electron chi connectivity index (χ2n) is 5.82. The molecule has 1 aromatic rings. The number of hydrogen-bond donors (Lipinski definition) is 2. The third-order valence-electron chi connectivity index (χ3n) is 2.73. The smallest absolute Gasteiger partial charge is 0.408 e. The summed E-state index contributed by atoms with van der Waals surface area (Å²) >= 11 is 5.79. The number of benzene rings is 1. The Hall–Kier alpha value is -2.02. The normalized spacial score (nSPS) is 12.4. The first-order valence-corrected chi connectivity index (χ1v) is 7.15. The Bertz CT molecular complexity index is 600. The van der Waals surface area contributed by atoms with E-state index in [1.165, 1.54) is 13.2 Å². The van der Waals surface area contributed by atoms with Gasteiger partial charge in [-0.2, -0.15) is 0 Å². The van der Waals surface area contributed by atoms with Gasteiger partial charge in [-0.05, 0) is 38.5 Å². The average molecular weight is 348 g/mol. The van der Waals surface area contributed by atoms with Crippen molar-refractivity contribution in [3.8, 4) is 5.75 Å². The van der Waals surface area contributed by atoms with Crippen LogP contribution in [0.4, 0.5) is 9.18 Å². The monoisotopic (exact) mass is 347 g/mol. The van der Waals surface area contributed by atoms with Crippen LogP contribution in [0, 0.1) is 5.82 Å². The number of halogens is 2. The van der Waals surface area contributed by atoms with E-state index < -0.39 is 29.5 Å². The number of aliphatic carboxylic acids is 1. The van der Waals surface area contributed by atoms with Crippen molar-refractivity contribution < 1.29 is 28.6 Å². The van der Waals surface area contributed by atoms with Crippen LogP contribution in [0.1, 0.15) is 26.3 Å². The highest BCUT2D eigenvalue weighted by Gasteiger charge is 2.25. The van der Waals surface area contributed by atoms with Gasteiger partial charge in [0.1, 0.15) is 23.2 Å². The molecule has 0 bridgehead atoms. The summed E-state index contributed by atoms with van der Waals surface area (Å²) in [6.45, 7) is 4.93. The highest BCUT2D eigenvalue weighted by molar-refractivity contribution is 6.32. The van der Waals surface area contributed by atoms with E-state index in [2.05, 4.69) is 5.32 Å². The van der Waals surface area contributed by atoms with Crippen LogP contribution >= 0.6 is 11.6 Å². The SMILES string of the molecule is COc1cc(CC(NC(=O)OC(C)(C)C)C(=O)O)c(F)cc1Cl. The number of ether oxygens (including phenoxy) is 2. The van der Waals surface area contributed by atoms with Gasteiger partial charge in [-0.15, -0.1) is 0 Å². The number of amides is 1. The lowest BCUT2D eigenvalue weighted by Gasteiger charge is -2.22. The summed E-state index contributed by atoms with van der Waals surface area (Å²) in [6.07, 6.45) is -1.18. The first kappa shape index (κ1) is 19.0. The third-order valence-corrected chi connectivity index (χ3v) is 3.03. The molecule has 23 heavy (non-hydrogen) atoms. The highest BCUT2D eigenvalue weighted by atomic mass is 35.5. The summed E-state index contributed by atoms with van der Waals surface area (Å²) in [4.78, 5) is 23.0. The van der Waals surface area contributed by atoms with Crippen LogP contribution in [0.5, 0.6) is 5.75 Å². The maximum atomic E-state index is 13.9. The van der Waals surface area contributed by atoms with Gasteiger partial charge < -0.3 is 19.9 Å². The molecule has 2 N–H and O–H groups in total.